The molecule has 104 valence electrons. The summed E-state index contributed by atoms with van der Waals surface area (Å²) in [7, 11) is 0. The van der Waals surface area contributed by atoms with Crippen molar-refractivity contribution in [2.45, 2.75) is 25.8 Å². The van der Waals surface area contributed by atoms with Gasteiger partial charge in [-0.15, -0.1) is 0 Å². The second-order valence-electron chi connectivity index (χ2n) is 5.34. The van der Waals surface area contributed by atoms with E-state index in [0.717, 1.165) is 58.7 Å². The molecule has 5 nitrogen and oxygen atoms in total. The van der Waals surface area contributed by atoms with Gasteiger partial charge in [0.1, 0.15) is 0 Å². The number of piperazine rings is 1. The summed E-state index contributed by atoms with van der Waals surface area (Å²) in [6.07, 6.45) is 2.22. The number of aliphatic hydroxyl groups is 1. The quantitative estimate of drug-likeness (QED) is 0.746. The van der Waals surface area contributed by atoms with E-state index in [1.54, 1.807) is 6.92 Å². The highest BCUT2D eigenvalue weighted by molar-refractivity contribution is 5.73. The standard InChI is InChI=1S/C13H25N3O2/c1-12(18)15-4-2-13(3-5-15)16-8-6-14(7-9-16)10-11-17/h13,17H,2-11H2,1H3. The number of β-amino-alcohol motifs (C(OH)–C–C–N with tert-alkyl or cyclic N) is 1. The minimum Gasteiger partial charge on any atom is -0.395 e. The van der Waals surface area contributed by atoms with Crippen molar-refractivity contribution in [3.63, 3.8) is 0 Å². The highest BCUT2D eigenvalue weighted by Crippen LogP contribution is 2.18. The van der Waals surface area contributed by atoms with Crippen molar-refractivity contribution < 1.29 is 9.90 Å². The van der Waals surface area contributed by atoms with Gasteiger partial charge in [-0.3, -0.25) is 14.6 Å². The molecule has 0 aromatic heterocycles. The molecule has 0 bridgehead atoms. The smallest absolute Gasteiger partial charge is 0.219 e. The molecule has 2 saturated heterocycles. The van der Waals surface area contributed by atoms with Crippen LogP contribution in [-0.4, -0.2) is 84.2 Å². The molecule has 0 aromatic carbocycles. The zero-order chi connectivity index (χ0) is 13.0. The van der Waals surface area contributed by atoms with Gasteiger partial charge in [-0.25, -0.2) is 0 Å². The van der Waals surface area contributed by atoms with E-state index in [0.29, 0.717) is 6.04 Å². The lowest BCUT2D eigenvalue weighted by Gasteiger charge is -2.42. The first-order valence-electron chi connectivity index (χ1n) is 7.03. The number of aliphatic hydroxyl groups excluding tert-OH is 1. The first kappa shape index (κ1) is 13.8. The zero-order valence-electron chi connectivity index (χ0n) is 11.3. The first-order chi connectivity index (χ1) is 8.70. The van der Waals surface area contributed by atoms with Crippen LogP contribution in [0.2, 0.25) is 0 Å². The second kappa shape index (κ2) is 6.50. The van der Waals surface area contributed by atoms with Crippen LogP contribution >= 0.6 is 0 Å². The summed E-state index contributed by atoms with van der Waals surface area (Å²) in [5.74, 6) is 0.209. The normalized spacial score (nSPS) is 24.4. The molecule has 2 heterocycles. The highest BCUT2D eigenvalue weighted by Gasteiger charge is 2.27. The van der Waals surface area contributed by atoms with Crippen LogP contribution < -0.4 is 0 Å². The summed E-state index contributed by atoms with van der Waals surface area (Å²) in [6.45, 7) is 8.88. The number of rotatable bonds is 3. The molecular formula is C13H25N3O2. The van der Waals surface area contributed by atoms with Crippen molar-refractivity contribution in [3.05, 3.63) is 0 Å². The first-order valence-corrected chi connectivity index (χ1v) is 7.03. The third-order valence-corrected chi connectivity index (χ3v) is 4.25. The van der Waals surface area contributed by atoms with Gasteiger partial charge in [0.25, 0.3) is 0 Å². The van der Waals surface area contributed by atoms with Gasteiger partial charge in [-0.1, -0.05) is 0 Å². The number of hydrogen-bond acceptors (Lipinski definition) is 4. The largest absolute Gasteiger partial charge is 0.395 e. The third-order valence-electron chi connectivity index (χ3n) is 4.25. The van der Waals surface area contributed by atoms with E-state index in [1.165, 1.54) is 0 Å². The Balaban J connectivity index is 1.73. The maximum atomic E-state index is 11.3. The lowest BCUT2D eigenvalue weighted by molar-refractivity contribution is -0.130. The molecule has 0 aliphatic carbocycles. The molecule has 0 atom stereocenters. The molecular weight excluding hydrogens is 230 g/mol. The molecule has 0 unspecified atom stereocenters. The predicted octanol–water partition coefficient (Wildman–Crippen LogP) is -0.393. The van der Waals surface area contributed by atoms with Crippen LogP contribution in [0.25, 0.3) is 0 Å². The van der Waals surface area contributed by atoms with Crippen molar-refractivity contribution in [1.29, 1.82) is 0 Å². The average Bonchev–Trinajstić information content (AvgIpc) is 2.40. The second-order valence-corrected chi connectivity index (χ2v) is 5.34. The molecule has 5 heteroatoms. The maximum Gasteiger partial charge on any atom is 0.219 e. The number of nitrogens with zero attached hydrogens (tertiary/aromatic N) is 3. The maximum absolute atomic E-state index is 11.3. The van der Waals surface area contributed by atoms with Gasteiger partial charge in [0, 0.05) is 58.8 Å². The van der Waals surface area contributed by atoms with Gasteiger partial charge in [0.2, 0.25) is 5.91 Å². The molecule has 1 amide bonds. The molecule has 18 heavy (non-hydrogen) atoms. The molecule has 2 aliphatic rings. The van der Waals surface area contributed by atoms with E-state index in [4.69, 9.17) is 5.11 Å². The van der Waals surface area contributed by atoms with Crippen molar-refractivity contribution in [2.75, 3.05) is 52.4 Å². The number of hydrogen-bond donors (Lipinski definition) is 1. The van der Waals surface area contributed by atoms with Crippen LogP contribution in [0.5, 0.6) is 0 Å². The fourth-order valence-corrected chi connectivity index (χ4v) is 3.04. The Morgan fingerprint density at radius 1 is 1.11 bits per heavy atom. The molecule has 1 N–H and O–H groups in total. The predicted molar refractivity (Wildman–Crippen MR) is 70.4 cm³/mol. The van der Waals surface area contributed by atoms with E-state index >= 15 is 0 Å². The van der Waals surface area contributed by atoms with Crippen LogP contribution in [-0.2, 0) is 4.79 Å². The van der Waals surface area contributed by atoms with E-state index in [-0.39, 0.29) is 12.5 Å². The Morgan fingerprint density at radius 2 is 1.72 bits per heavy atom. The number of carbonyl (C=O) groups excluding carboxylic acids is 1. The average molecular weight is 255 g/mol. The van der Waals surface area contributed by atoms with Crippen molar-refractivity contribution in [1.82, 2.24) is 14.7 Å². The monoisotopic (exact) mass is 255 g/mol. The third kappa shape index (κ3) is 3.43. The van der Waals surface area contributed by atoms with E-state index in [2.05, 4.69) is 9.80 Å². The van der Waals surface area contributed by atoms with Gasteiger partial charge >= 0.3 is 0 Å². The van der Waals surface area contributed by atoms with Crippen LogP contribution in [0.4, 0.5) is 0 Å². The zero-order valence-corrected chi connectivity index (χ0v) is 11.3. The highest BCUT2D eigenvalue weighted by atomic mass is 16.3. The number of piperidine rings is 1. The summed E-state index contributed by atoms with van der Waals surface area (Å²) in [6, 6.07) is 0.650. The molecule has 2 fully saturated rings. The Morgan fingerprint density at radius 3 is 2.22 bits per heavy atom. The Labute approximate surface area is 109 Å². The summed E-state index contributed by atoms with van der Waals surface area (Å²) in [5.41, 5.74) is 0. The Bertz CT molecular complexity index is 269. The molecule has 2 aliphatic heterocycles. The molecule has 0 radical (unpaired) electrons. The Hall–Kier alpha value is -0.650. The molecule has 0 spiro atoms. The number of carbonyl (C=O) groups is 1. The minimum absolute atomic E-state index is 0.209. The molecule has 2 rings (SSSR count). The summed E-state index contributed by atoms with van der Waals surface area (Å²) >= 11 is 0. The number of amides is 1. The van der Waals surface area contributed by atoms with Crippen molar-refractivity contribution >= 4 is 5.91 Å². The summed E-state index contributed by atoms with van der Waals surface area (Å²) < 4.78 is 0. The fraction of sp³-hybridized carbons (Fsp3) is 0.923. The SMILES string of the molecule is CC(=O)N1CCC(N2CCN(CCO)CC2)CC1. The van der Waals surface area contributed by atoms with E-state index < -0.39 is 0 Å². The van der Waals surface area contributed by atoms with Gasteiger partial charge in [-0.05, 0) is 12.8 Å². The summed E-state index contributed by atoms with van der Waals surface area (Å²) in [5, 5.41) is 8.92. The van der Waals surface area contributed by atoms with E-state index in [1.807, 2.05) is 4.90 Å². The van der Waals surface area contributed by atoms with Crippen LogP contribution in [0, 0.1) is 0 Å². The van der Waals surface area contributed by atoms with Gasteiger partial charge in [-0.2, -0.15) is 0 Å². The minimum atomic E-state index is 0.209. The van der Waals surface area contributed by atoms with Crippen LogP contribution in [0.15, 0.2) is 0 Å². The molecule has 0 aromatic rings. The van der Waals surface area contributed by atoms with Crippen molar-refractivity contribution in [2.24, 2.45) is 0 Å². The number of likely N-dealkylation sites (tertiary alicyclic amines) is 1. The van der Waals surface area contributed by atoms with Crippen molar-refractivity contribution in [3.8, 4) is 0 Å². The van der Waals surface area contributed by atoms with Gasteiger partial charge in [0.05, 0.1) is 6.61 Å². The molecule has 0 saturated carbocycles. The van der Waals surface area contributed by atoms with Crippen LogP contribution in [0.3, 0.4) is 0 Å². The van der Waals surface area contributed by atoms with Crippen LogP contribution in [0.1, 0.15) is 19.8 Å². The summed E-state index contributed by atoms with van der Waals surface area (Å²) in [4.78, 5) is 18.1. The lowest BCUT2D eigenvalue weighted by atomic mass is 10.0. The topological polar surface area (TPSA) is 47.0 Å². The Kier molecular flexibility index (Phi) is 4.97. The fourth-order valence-electron chi connectivity index (χ4n) is 3.04. The van der Waals surface area contributed by atoms with Gasteiger partial charge < -0.3 is 10.0 Å². The lowest BCUT2D eigenvalue weighted by Crippen LogP contribution is -2.53. The van der Waals surface area contributed by atoms with Gasteiger partial charge in [0.15, 0.2) is 0 Å². The van der Waals surface area contributed by atoms with E-state index in [9.17, 15) is 4.79 Å².